The molecule has 9 heteroatoms. The van der Waals surface area contributed by atoms with Gasteiger partial charge in [0.2, 0.25) is 12.2 Å². The molecule has 0 radical (unpaired) electrons. The molecule has 2 amide bonds. The van der Waals surface area contributed by atoms with E-state index in [4.69, 9.17) is 14.2 Å². The molecule has 0 N–H and O–H groups in total. The Balaban J connectivity index is 1.70. The van der Waals surface area contributed by atoms with Gasteiger partial charge in [-0.25, -0.2) is 14.5 Å². The van der Waals surface area contributed by atoms with Crippen molar-refractivity contribution in [3.63, 3.8) is 0 Å². The number of imide groups is 1. The van der Waals surface area contributed by atoms with Gasteiger partial charge in [0, 0.05) is 4.47 Å². The van der Waals surface area contributed by atoms with E-state index >= 15 is 0 Å². The van der Waals surface area contributed by atoms with Crippen LogP contribution in [0.4, 0.5) is 5.69 Å². The normalized spacial score (nSPS) is 17.4. The van der Waals surface area contributed by atoms with Gasteiger partial charge in [0.05, 0.1) is 23.9 Å². The Hall–Kier alpha value is -3.98. The van der Waals surface area contributed by atoms with Gasteiger partial charge in [-0.15, -0.1) is 0 Å². The van der Waals surface area contributed by atoms with Crippen LogP contribution in [0, 0.1) is 0 Å². The van der Waals surface area contributed by atoms with Crippen LogP contribution in [0.5, 0.6) is 5.75 Å². The number of esters is 2. The third-order valence-corrected chi connectivity index (χ3v) is 5.56. The second kappa shape index (κ2) is 9.88. The highest BCUT2D eigenvalue weighted by molar-refractivity contribution is 9.10. The smallest absolute Gasteiger partial charge is 0.339 e. The maximum Gasteiger partial charge on any atom is 0.339 e. The number of hydrogen-bond donors (Lipinski definition) is 0. The lowest BCUT2D eigenvalue weighted by atomic mass is 10.2. The highest BCUT2D eigenvalue weighted by Gasteiger charge is 2.54. The van der Waals surface area contributed by atoms with Crippen molar-refractivity contribution < 1.29 is 33.4 Å². The molecule has 3 aromatic carbocycles. The number of hydrogen-bond acceptors (Lipinski definition) is 7. The van der Waals surface area contributed by atoms with Crippen LogP contribution >= 0.6 is 15.9 Å². The fourth-order valence-electron chi connectivity index (χ4n) is 3.44. The molecule has 1 aliphatic rings. The van der Waals surface area contributed by atoms with E-state index in [-0.39, 0.29) is 22.6 Å². The number of carbonyl (C=O) groups is 4. The highest BCUT2D eigenvalue weighted by Crippen LogP contribution is 2.36. The highest BCUT2D eigenvalue weighted by atomic mass is 79.9. The van der Waals surface area contributed by atoms with Gasteiger partial charge >= 0.3 is 11.9 Å². The largest absolute Gasteiger partial charge is 0.495 e. The predicted molar refractivity (Wildman–Crippen MR) is 124 cm³/mol. The van der Waals surface area contributed by atoms with E-state index in [1.165, 1.54) is 37.4 Å². The van der Waals surface area contributed by atoms with Crippen LogP contribution in [0.2, 0.25) is 0 Å². The molecule has 0 saturated carbocycles. The zero-order chi connectivity index (χ0) is 24.2. The van der Waals surface area contributed by atoms with Gasteiger partial charge in [0.1, 0.15) is 5.75 Å². The van der Waals surface area contributed by atoms with Crippen molar-refractivity contribution in [2.24, 2.45) is 0 Å². The molecule has 0 aliphatic carbocycles. The van der Waals surface area contributed by atoms with E-state index < -0.39 is 36.0 Å². The Morgan fingerprint density at radius 2 is 1.24 bits per heavy atom. The first kappa shape index (κ1) is 23.2. The van der Waals surface area contributed by atoms with E-state index in [1.54, 1.807) is 48.5 Å². The van der Waals surface area contributed by atoms with Gasteiger partial charge in [0.15, 0.2) is 0 Å². The number of methoxy groups -OCH3 is 1. The Labute approximate surface area is 203 Å². The van der Waals surface area contributed by atoms with Crippen LogP contribution in [0.25, 0.3) is 0 Å². The van der Waals surface area contributed by atoms with Crippen molar-refractivity contribution in [3.8, 4) is 5.75 Å². The van der Waals surface area contributed by atoms with Gasteiger partial charge in [-0.3, -0.25) is 9.59 Å². The summed E-state index contributed by atoms with van der Waals surface area (Å²) < 4.78 is 16.7. The fraction of sp³-hybridized carbons (Fsp3) is 0.120. The Kier molecular flexibility index (Phi) is 6.74. The average Bonchev–Trinajstić information content (AvgIpc) is 3.08. The van der Waals surface area contributed by atoms with E-state index in [1.807, 2.05) is 0 Å². The minimum atomic E-state index is -1.68. The van der Waals surface area contributed by atoms with Crippen LogP contribution in [0.3, 0.4) is 0 Å². The third-order valence-electron chi connectivity index (χ3n) is 5.07. The molecule has 0 unspecified atom stereocenters. The summed E-state index contributed by atoms with van der Waals surface area (Å²) in [6.45, 7) is 0. The minimum Gasteiger partial charge on any atom is -0.495 e. The van der Waals surface area contributed by atoms with Crippen molar-refractivity contribution >= 4 is 45.4 Å². The second-order valence-electron chi connectivity index (χ2n) is 7.21. The molecular weight excluding hydrogens is 506 g/mol. The van der Waals surface area contributed by atoms with Crippen molar-refractivity contribution in [1.82, 2.24) is 0 Å². The summed E-state index contributed by atoms with van der Waals surface area (Å²) in [5.74, 6) is -3.17. The summed E-state index contributed by atoms with van der Waals surface area (Å²) in [6.07, 6.45) is -3.37. The molecule has 0 aromatic heterocycles. The number of carbonyl (C=O) groups excluding carboxylic acids is 4. The van der Waals surface area contributed by atoms with Gasteiger partial charge in [-0.2, -0.15) is 0 Å². The first-order chi connectivity index (χ1) is 16.4. The molecule has 4 rings (SSSR count). The van der Waals surface area contributed by atoms with E-state index in [0.29, 0.717) is 4.47 Å². The molecule has 1 fully saturated rings. The molecule has 0 spiro atoms. The summed E-state index contributed by atoms with van der Waals surface area (Å²) in [4.78, 5) is 52.9. The number of rotatable bonds is 6. The number of ether oxygens (including phenoxy) is 3. The number of amides is 2. The van der Waals surface area contributed by atoms with Gasteiger partial charge in [-0.05, 0) is 42.5 Å². The zero-order valence-electron chi connectivity index (χ0n) is 17.8. The predicted octanol–water partition coefficient (Wildman–Crippen LogP) is 3.78. The van der Waals surface area contributed by atoms with Crippen LogP contribution < -0.4 is 9.64 Å². The van der Waals surface area contributed by atoms with Crippen LogP contribution in [0.15, 0.2) is 83.3 Å². The summed E-state index contributed by atoms with van der Waals surface area (Å²) in [5, 5.41) is 0. The fourth-order valence-corrected chi connectivity index (χ4v) is 3.79. The van der Waals surface area contributed by atoms with Crippen LogP contribution in [0.1, 0.15) is 20.7 Å². The summed E-state index contributed by atoms with van der Waals surface area (Å²) in [5.41, 5.74) is 0.467. The average molecular weight is 524 g/mol. The maximum atomic E-state index is 13.4. The van der Waals surface area contributed by atoms with Crippen molar-refractivity contribution in [3.05, 3.63) is 94.5 Å². The lowest BCUT2D eigenvalue weighted by Gasteiger charge is -2.17. The molecule has 1 heterocycles. The van der Waals surface area contributed by atoms with E-state index in [0.717, 1.165) is 4.90 Å². The minimum absolute atomic E-state index is 0.117. The van der Waals surface area contributed by atoms with Gasteiger partial charge in [-0.1, -0.05) is 52.3 Å². The van der Waals surface area contributed by atoms with Gasteiger partial charge < -0.3 is 14.2 Å². The van der Waals surface area contributed by atoms with Crippen molar-refractivity contribution in [2.75, 3.05) is 12.0 Å². The van der Waals surface area contributed by atoms with Crippen LogP contribution in [-0.4, -0.2) is 43.1 Å². The Morgan fingerprint density at radius 3 is 1.68 bits per heavy atom. The monoisotopic (exact) mass is 523 g/mol. The first-order valence-corrected chi connectivity index (χ1v) is 10.9. The summed E-state index contributed by atoms with van der Waals surface area (Å²) in [7, 11) is 1.39. The van der Waals surface area contributed by atoms with Crippen LogP contribution in [-0.2, 0) is 19.1 Å². The van der Waals surface area contributed by atoms with Crippen molar-refractivity contribution in [1.29, 1.82) is 0 Å². The lowest BCUT2D eigenvalue weighted by Crippen LogP contribution is -2.37. The molecule has 34 heavy (non-hydrogen) atoms. The molecule has 172 valence electrons. The van der Waals surface area contributed by atoms with E-state index in [2.05, 4.69) is 15.9 Å². The Bertz CT molecular complexity index is 1180. The molecule has 2 atom stereocenters. The van der Waals surface area contributed by atoms with E-state index in [9.17, 15) is 19.2 Å². The zero-order valence-corrected chi connectivity index (χ0v) is 19.4. The molecule has 3 aromatic rings. The third kappa shape index (κ3) is 4.55. The second-order valence-corrected chi connectivity index (χ2v) is 8.13. The molecule has 0 bridgehead atoms. The number of benzene rings is 3. The number of anilines is 1. The Morgan fingerprint density at radius 1 is 0.765 bits per heavy atom. The topological polar surface area (TPSA) is 99.2 Å². The van der Waals surface area contributed by atoms with Gasteiger partial charge in [0.25, 0.3) is 11.8 Å². The van der Waals surface area contributed by atoms with Crippen molar-refractivity contribution in [2.45, 2.75) is 12.2 Å². The molecule has 8 nitrogen and oxygen atoms in total. The first-order valence-electron chi connectivity index (χ1n) is 10.1. The molecular formula is C25H18BrNO7. The molecule has 1 aliphatic heterocycles. The lowest BCUT2D eigenvalue weighted by molar-refractivity contribution is -0.130. The molecule has 1 saturated heterocycles. The SMILES string of the molecule is COc1ccc(Br)cc1N1C(=O)[C@@H](OC(=O)c2ccccc2)[C@H](OC(=O)c2ccccc2)C1=O. The maximum absolute atomic E-state index is 13.4. The summed E-state index contributed by atoms with van der Waals surface area (Å²) >= 11 is 3.31. The summed E-state index contributed by atoms with van der Waals surface area (Å²) in [6, 6.07) is 20.7. The quantitative estimate of drug-likeness (QED) is 0.358. The standard InChI is InChI=1S/C25H18BrNO7/c1-32-19-13-12-17(26)14-18(19)27-22(28)20(33-24(30)15-8-4-2-5-9-15)21(23(27)29)34-25(31)16-10-6-3-7-11-16/h2-14,20-21H,1H3/t20-,21-/m0/s1. The number of halogens is 1. The number of nitrogens with zero attached hydrogens (tertiary/aromatic N) is 1.